The molecule has 1 saturated heterocycles. The van der Waals surface area contributed by atoms with Crippen LogP contribution < -0.4 is 10.1 Å². The lowest BCUT2D eigenvalue weighted by Crippen LogP contribution is -2.46. The van der Waals surface area contributed by atoms with Crippen LogP contribution in [-0.2, 0) is 4.74 Å². The van der Waals surface area contributed by atoms with Crippen molar-refractivity contribution in [3.63, 3.8) is 0 Å². The maximum absolute atomic E-state index is 12.8. The highest BCUT2D eigenvalue weighted by Crippen LogP contribution is 2.26. The second-order valence-corrected chi connectivity index (χ2v) is 6.65. The zero-order valence-corrected chi connectivity index (χ0v) is 16.4. The van der Waals surface area contributed by atoms with E-state index < -0.39 is 4.92 Å². The average molecular weight is 414 g/mol. The Kier molecular flexibility index (Phi) is 6.79. The Morgan fingerprint density at radius 2 is 2.03 bits per heavy atom. The number of benzene rings is 1. The Hall–Kier alpha value is -3.69. The van der Waals surface area contributed by atoms with E-state index in [0.717, 1.165) is 0 Å². The van der Waals surface area contributed by atoms with Crippen LogP contribution in [0.3, 0.4) is 0 Å². The summed E-state index contributed by atoms with van der Waals surface area (Å²) in [6, 6.07) is 8.74. The molecule has 1 aliphatic heterocycles. The minimum Gasteiger partial charge on any atom is -0.450 e. The highest BCUT2D eigenvalue weighted by Gasteiger charge is 2.26. The van der Waals surface area contributed by atoms with Crippen LogP contribution in [0.5, 0.6) is 11.6 Å². The Morgan fingerprint density at radius 1 is 1.27 bits per heavy atom. The molecule has 0 radical (unpaired) electrons. The van der Waals surface area contributed by atoms with E-state index in [0.29, 0.717) is 32.5 Å². The van der Waals surface area contributed by atoms with Crippen molar-refractivity contribution in [1.29, 1.82) is 0 Å². The number of rotatable bonds is 6. The van der Waals surface area contributed by atoms with Crippen molar-refractivity contribution >= 4 is 17.7 Å². The number of aromatic nitrogens is 1. The average Bonchev–Trinajstić information content (AvgIpc) is 2.75. The number of nitrogens with one attached hydrogen (secondary N) is 1. The molecule has 30 heavy (non-hydrogen) atoms. The normalized spacial score (nSPS) is 14.1. The molecule has 10 nitrogen and oxygen atoms in total. The topological polar surface area (TPSA) is 124 Å². The number of nitro groups is 1. The Balaban J connectivity index is 1.64. The third-order valence-corrected chi connectivity index (χ3v) is 4.61. The number of hydrogen-bond acceptors (Lipinski definition) is 7. The number of non-ortho nitro benzene ring substituents is 1. The predicted octanol–water partition coefficient (Wildman–Crippen LogP) is 3.13. The van der Waals surface area contributed by atoms with Gasteiger partial charge in [-0.2, -0.15) is 0 Å². The number of amides is 2. The van der Waals surface area contributed by atoms with E-state index in [-0.39, 0.29) is 40.9 Å². The molecule has 1 aromatic heterocycles. The summed E-state index contributed by atoms with van der Waals surface area (Å²) in [5.74, 6) is -0.0998. The van der Waals surface area contributed by atoms with Crippen LogP contribution in [0.4, 0.5) is 10.5 Å². The van der Waals surface area contributed by atoms with Gasteiger partial charge in [0.05, 0.1) is 17.6 Å². The molecule has 0 spiro atoms. The highest BCUT2D eigenvalue weighted by molar-refractivity contribution is 5.96. The van der Waals surface area contributed by atoms with E-state index in [4.69, 9.17) is 9.47 Å². The number of nitrogens with zero attached hydrogens (tertiary/aromatic N) is 3. The number of likely N-dealkylation sites (tertiary alicyclic amines) is 1. The molecule has 0 atom stereocenters. The number of ether oxygens (including phenoxy) is 2. The van der Waals surface area contributed by atoms with Gasteiger partial charge in [0, 0.05) is 31.4 Å². The minimum atomic E-state index is -0.526. The summed E-state index contributed by atoms with van der Waals surface area (Å²) >= 11 is 0. The largest absolute Gasteiger partial charge is 0.450 e. The maximum Gasteiger partial charge on any atom is 0.409 e. The van der Waals surface area contributed by atoms with E-state index in [9.17, 15) is 19.7 Å². The van der Waals surface area contributed by atoms with Crippen molar-refractivity contribution in [2.45, 2.75) is 25.8 Å². The monoisotopic (exact) mass is 414 g/mol. The first-order valence-electron chi connectivity index (χ1n) is 9.57. The molecule has 0 bridgehead atoms. The highest BCUT2D eigenvalue weighted by atomic mass is 16.6. The molecule has 0 unspecified atom stereocenters. The van der Waals surface area contributed by atoms with Crippen molar-refractivity contribution in [3.8, 4) is 11.6 Å². The van der Waals surface area contributed by atoms with Gasteiger partial charge < -0.3 is 19.7 Å². The summed E-state index contributed by atoms with van der Waals surface area (Å²) < 4.78 is 10.6. The molecule has 10 heteroatoms. The Morgan fingerprint density at radius 3 is 2.73 bits per heavy atom. The number of carbonyl (C=O) groups excluding carboxylic acids is 2. The molecule has 1 fully saturated rings. The van der Waals surface area contributed by atoms with Crippen LogP contribution in [0.2, 0.25) is 0 Å². The third kappa shape index (κ3) is 5.22. The molecular weight excluding hydrogens is 392 g/mol. The fourth-order valence-electron chi connectivity index (χ4n) is 3.10. The van der Waals surface area contributed by atoms with Gasteiger partial charge in [0.2, 0.25) is 5.88 Å². The minimum absolute atomic E-state index is 0.0551. The first-order valence-corrected chi connectivity index (χ1v) is 9.57. The number of piperidine rings is 1. The zero-order chi connectivity index (χ0) is 21.5. The molecule has 2 aromatic rings. The standard InChI is InChI=1S/C20H22N4O6/c1-2-29-20(26)23-11-8-14(9-12-23)22-18(25)17-7-4-10-21-19(17)30-16-6-3-5-15(13-16)24(27)28/h3-7,10,13-14H,2,8-9,11-12H2,1H3,(H,22,25). The van der Waals surface area contributed by atoms with Gasteiger partial charge in [-0.3, -0.25) is 14.9 Å². The summed E-state index contributed by atoms with van der Waals surface area (Å²) in [5.41, 5.74) is 0.0969. The van der Waals surface area contributed by atoms with Crippen molar-refractivity contribution < 1.29 is 24.0 Å². The van der Waals surface area contributed by atoms with Crippen LogP contribution in [0.1, 0.15) is 30.1 Å². The molecule has 158 valence electrons. The number of nitro benzene ring substituents is 1. The van der Waals surface area contributed by atoms with Crippen LogP contribution in [0.25, 0.3) is 0 Å². The lowest BCUT2D eigenvalue weighted by Gasteiger charge is -2.31. The molecule has 1 aromatic carbocycles. The second kappa shape index (κ2) is 9.68. The van der Waals surface area contributed by atoms with Crippen molar-refractivity contribution in [2.75, 3.05) is 19.7 Å². The number of hydrogen-bond donors (Lipinski definition) is 1. The van der Waals surface area contributed by atoms with Gasteiger partial charge in [0.1, 0.15) is 11.3 Å². The fourth-order valence-corrected chi connectivity index (χ4v) is 3.10. The van der Waals surface area contributed by atoms with Crippen LogP contribution in [-0.4, -0.2) is 52.5 Å². The molecule has 1 N–H and O–H groups in total. The smallest absolute Gasteiger partial charge is 0.409 e. The van der Waals surface area contributed by atoms with Crippen LogP contribution in [0.15, 0.2) is 42.6 Å². The van der Waals surface area contributed by atoms with E-state index in [2.05, 4.69) is 10.3 Å². The summed E-state index contributed by atoms with van der Waals surface area (Å²) in [4.78, 5) is 40.7. The predicted molar refractivity (Wildman–Crippen MR) is 106 cm³/mol. The summed E-state index contributed by atoms with van der Waals surface area (Å²) in [5, 5.41) is 13.9. The van der Waals surface area contributed by atoms with Crippen molar-refractivity contribution in [2.24, 2.45) is 0 Å². The summed E-state index contributed by atoms with van der Waals surface area (Å²) in [7, 11) is 0. The van der Waals surface area contributed by atoms with E-state index >= 15 is 0 Å². The SMILES string of the molecule is CCOC(=O)N1CCC(NC(=O)c2cccnc2Oc2cccc([N+](=O)[O-])c2)CC1. The van der Waals surface area contributed by atoms with Crippen LogP contribution in [0, 0.1) is 10.1 Å². The molecule has 0 saturated carbocycles. The lowest BCUT2D eigenvalue weighted by molar-refractivity contribution is -0.384. The van der Waals surface area contributed by atoms with Crippen molar-refractivity contribution in [1.82, 2.24) is 15.2 Å². The fraction of sp³-hybridized carbons (Fsp3) is 0.350. The second-order valence-electron chi connectivity index (χ2n) is 6.65. The van der Waals surface area contributed by atoms with Gasteiger partial charge in [-0.25, -0.2) is 9.78 Å². The van der Waals surface area contributed by atoms with Gasteiger partial charge in [0.25, 0.3) is 11.6 Å². The first kappa shape index (κ1) is 21.0. The van der Waals surface area contributed by atoms with E-state index in [1.54, 1.807) is 30.0 Å². The van der Waals surface area contributed by atoms with Gasteiger partial charge in [0.15, 0.2) is 0 Å². The van der Waals surface area contributed by atoms with E-state index in [1.807, 2.05) is 0 Å². The summed E-state index contributed by atoms with van der Waals surface area (Å²) in [6.07, 6.45) is 2.33. The van der Waals surface area contributed by atoms with Gasteiger partial charge in [-0.05, 0) is 38.0 Å². The Bertz CT molecular complexity index is 927. The summed E-state index contributed by atoms with van der Waals surface area (Å²) in [6.45, 7) is 3.07. The number of pyridine rings is 1. The zero-order valence-electron chi connectivity index (χ0n) is 16.4. The molecule has 1 aliphatic rings. The van der Waals surface area contributed by atoms with E-state index in [1.165, 1.54) is 24.4 Å². The molecule has 0 aliphatic carbocycles. The van der Waals surface area contributed by atoms with Gasteiger partial charge >= 0.3 is 6.09 Å². The van der Waals surface area contributed by atoms with Crippen molar-refractivity contribution in [3.05, 3.63) is 58.3 Å². The number of carbonyl (C=O) groups is 2. The van der Waals surface area contributed by atoms with Gasteiger partial charge in [-0.15, -0.1) is 0 Å². The first-order chi connectivity index (χ1) is 14.5. The molecule has 2 amide bonds. The maximum atomic E-state index is 12.8. The Labute approximate surface area is 172 Å². The van der Waals surface area contributed by atoms with Gasteiger partial charge in [-0.1, -0.05) is 6.07 Å². The third-order valence-electron chi connectivity index (χ3n) is 4.61. The quantitative estimate of drug-likeness (QED) is 0.569. The van der Waals surface area contributed by atoms with Crippen LogP contribution >= 0.6 is 0 Å². The molecule has 2 heterocycles. The molecule has 3 rings (SSSR count). The lowest BCUT2D eigenvalue weighted by atomic mass is 10.0. The molecular formula is C20H22N4O6.